The fourth-order valence-corrected chi connectivity index (χ4v) is 5.61. The van der Waals surface area contributed by atoms with Crippen LogP contribution in [0, 0.1) is 5.92 Å². The first kappa shape index (κ1) is 21.6. The first-order valence-electron chi connectivity index (χ1n) is 12.2. The van der Waals surface area contributed by atoms with Crippen LogP contribution in [0.25, 0.3) is 0 Å². The summed E-state index contributed by atoms with van der Waals surface area (Å²) in [5.41, 5.74) is 2.07. The molecular formula is C27H30N4O5. The molecule has 7 rings (SSSR count). The maximum Gasteiger partial charge on any atom is 0.322 e. The normalized spacial score (nSPS) is 31.4. The van der Waals surface area contributed by atoms with Gasteiger partial charge in [0, 0.05) is 39.2 Å². The van der Waals surface area contributed by atoms with Crippen molar-refractivity contribution in [2.45, 2.75) is 30.3 Å². The summed E-state index contributed by atoms with van der Waals surface area (Å²) in [4.78, 5) is 32.1. The number of benzene rings is 2. The van der Waals surface area contributed by atoms with Gasteiger partial charge in [-0.1, -0.05) is 24.3 Å². The van der Waals surface area contributed by atoms with E-state index >= 15 is 0 Å². The van der Waals surface area contributed by atoms with Gasteiger partial charge in [0.2, 0.25) is 0 Å². The van der Waals surface area contributed by atoms with E-state index in [1.165, 1.54) is 0 Å². The molecule has 188 valence electrons. The van der Waals surface area contributed by atoms with Crippen molar-refractivity contribution in [2.75, 3.05) is 26.9 Å². The first-order chi connectivity index (χ1) is 17.5. The summed E-state index contributed by atoms with van der Waals surface area (Å²) in [6, 6.07) is 13.3. The molecule has 3 fully saturated rings. The van der Waals surface area contributed by atoms with Crippen LogP contribution in [0.15, 0.2) is 59.1 Å². The van der Waals surface area contributed by atoms with Crippen molar-refractivity contribution in [1.29, 1.82) is 0 Å². The minimum atomic E-state index is -1.25. The topological polar surface area (TPSA) is 105 Å². The molecule has 2 aromatic carbocycles. The minimum Gasteiger partial charge on any atom is -0.497 e. The molecule has 0 aromatic heterocycles. The number of hydrogen-bond donors (Lipinski definition) is 2. The molecule has 9 heteroatoms. The molecule has 9 nitrogen and oxygen atoms in total. The zero-order chi connectivity index (χ0) is 24.5. The highest BCUT2D eigenvalue weighted by Gasteiger charge is 2.60. The first-order valence-corrected chi connectivity index (χ1v) is 12.2. The molecule has 4 atom stereocenters. The van der Waals surface area contributed by atoms with Gasteiger partial charge in [0.25, 0.3) is 5.91 Å². The molecule has 0 radical (unpaired) electrons. The van der Waals surface area contributed by atoms with Crippen molar-refractivity contribution in [3.05, 3.63) is 70.8 Å². The van der Waals surface area contributed by atoms with E-state index in [9.17, 15) is 9.59 Å². The van der Waals surface area contributed by atoms with Gasteiger partial charge in [-0.2, -0.15) is 0 Å². The van der Waals surface area contributed by atoms with Crippen molar-refractivity contribution in [2.24, 2.45) is 10.9 Å². The Labute approximate surface area is 211 Å². The lowest BCUT2D eigenvalue weighted by Gasteiger charge is -2.33. The van der Waals surface area contributed by atoms with E-state index in [0.717, 1.165) is 28.9 Å². The molecule has 1 saturated carbocycles. The highest BCUT2D eigenvalue weighted by Crippen LogP contribution is 2.51. The predicted molar refractivity (Wildman–Crippen MR) is 134 cm³/mol. The molecule has 1 spiro atoms. The molecule has 2 N–H and O–H groups in total. The average Bonchev–Trinajstić information content (AvgIpc) is 3.79. The number of hydrogen-bond acceptors (Lipinski definition) is 7. The third kappa shape index (κ3) is 3.34. The van der Waals surface area contributed by atoms with Crippen LogP contribution in [0.1, 0.15) is 26.0 Å². The lowest BCUT2D eigenvalue weighted by molar-refractivity contribution is -0.125. The van der Waals surface area contributed by atoms with E-state index in [1.54, 1.807) is 7.11 Å². The van der Waals surface area contributed by atoms with Crippen LogP contribution in [0.2, 0.25) is 0 Å². The maximum atomic E-state index is 13.2. The van der Waals surface area contributed by atoms with E-state index in [0.29, 0.717) is 43.0 Å². The highest BCUT2D eigenvalue weighted by atomic mass is 16.6. The Morgan fingerprint density at radius 1 is 1.19 bits per heavy atom. The Kier molecular flexibility index (Phi) is 4.59. The smallest absolute Gasteiger partial charge is 0.322 e. The SMILES string of the molecule is COc1ccc2c(c1)C1(CO1)N(C[C@@]1(c3ccc(OCC4=CC5CC5N=C4)cc3)NC(=O)NC1=O)C2.[HH].[HH]. The summed E-state index contributed by atoms with van der Waals surface area (Å²) < 4.78 is 17.3. The number of fused-ring (bicyclic) bond motifs is 3. The number of aliphatic imine (C=N–C) groups is 1. The summed E-state index contributed by atoms with van der Waals surface area (Å²) >= 11 is 0. The van der Waals surface area contributed by atoms with E-state index in [1.807, 2.05) is 48.7 Å². The van der Waals surface area contributed by atoms with E-state index < -0.39 is 17.3 Å². The van der Waals surface area contributed by atoms with Crippen molar-refractivity contribution in [3.8, 4) is 11.5 Å². The molecule has 1 aliphatic carbocycles. The number of amides is 3. The molecule has 36 heavy (non-hydrogen) atoms. The number of epoxide rings is 1. The highest BCUT2D eigenvalue weighted by molar-refractivity contribution is 6.07. The second kappa shape index (κ2) is 7.65. The molecule has 2 saturated heterocycles. The Bertz CT molecular complexity index is 1340. The number of carbonyl (C=O) groups excluding carboxylic acids is 2. The Hall–Kier alpha value is -3.69. The van der Waals surface area contributed by atoms with Gasteiger partial charge in [0.05, 0.1) is 19.8 Å². The van der Waals surface area contributed by atoms with Crippen LogP contribution in [-0.4, -0.2) is 56.0 Å². The van der Waals surface area contributed by atoms with Crippen LogP contribution in [-0.2, 0) is 27.3 Å². The predicted octanol–water partition coefficient (Wildman–Crippen LogP) is 2.70. The lowest BCUT2D eigenvalue weighted by atomic mass is 9.88. The number of urea groups is 1. The van der Waals surface area contributed by atoms with E-state index in [-0.39, 0.29) is 15.3 Å². The average molecular weight is 491 g/mol. The van der Waals surface area contributed by atoms with Gasteiger partial charge in [-0.25, -0.2) is 4.79 Å². The molecule has 3 amide bonds. The molecule has 4 heterocycles. The second-order valence-corrected chi connectivity index (χ2v) is 10.1. The number of nitrogens with zero attached hydrogens (tertiary/aromatic N) is 2. The number of rotatable bonds is 7. The van der Waals surface area contributed by atoms with Crippen molar-refractivity contribution < 1.29 is 26.7 Å². The molecule has 0 bridgehead atoms. The van der Waals surface area contributed by atoms with Crippen LogP contribution in [0.5, 0.6) is 11.5 Å². The van der Waals surface area contributed by atoms with E-state index in [4.69, 9.17) is 14.2 Å². The van der Waals surface area contributed by atoms with Crippen LogP contribution in [0.4, 0.5) is 4.79 Å². The van der Waals surface area contributed by atoms with E-state index in [2.05, 4.69) is 26.6 Å². The molecule has 4 aliphatic heterocycles. The van der Waals surface area contributed by atoms with Gasteiger partial charge in [0.15, 0.2) is 11.3 Å². The summed E-state index contributed by atoms with van der Waals surface area (Å²) in [5.74, 6) is 1.63. The van der Waals surface area contributed by atoms with Gasteiger partial charge in [-0.3, -0.25) is 20.0 Å². The Balaban J connectivity index is 0.00000147. The Morgan fingerprint density at radius 2 is 2.00 bits per heavy atom. The van der Waals surface area contributed by atoms with Gasteiger partial charge in [-0.05, 0) is 41.8 Å². The van der Waals surface area contributed by atoms with Crippen molar-refractivity contribution in [3.63, 3.8) is 0 Å². The molecule has 2 aromatic rings. The standard InChI is InChI=1S/C27H26N4O5.2H2/c1-34-21-5-2-17-12-31(27(15-36-27)22(17)10-21)14-26(24(32)29-25(33)30-26)19-3-6-20(7-4-19)35-13-16-8-18-9-23(18)28-11-16;;/h2-8,10-11,18,23H,9,12-15H2,1H3,(H2,29,30,32,33);2*1H/t18?,23?,26-,27?;;/m0../s1. The third-order valence-corrected chi connectivity index (χ3v) is 7.81. The van der Waals surface area contributed by atoms with Crippen LogP contribution >= 0.6 is 0 Å². The number of nitrogens with one attached hydrogen (secondary N) is 2. The maximum absolute atomic E-state index is 13.2. The lowest BCUT2D eigenvalue weighted by Crippen LogP contribution is -2.53. The van der Waals surface area contributed by atoms with Gasteiger partial charge >= 0.3 is 6.03 Å². The Morgan fingerprint density at radius 3 is 2.69 bits per heavy atom. The number of ether oxygens (including phenoxy) is 3. The van der Waals surface area contributed by atoms with Crippen molar-refractivity contribution in [1.82, 2.24) is 15.5 Å². The van der Waals surface area contributed by atoms with Crippen LogP contribution in [0.3, 0.4) is 0 Å². The zero-order valence-electron chi connectivity index (χ0n) is 19.8. The van der Waals surface area contributed by atoms with Gasteiger partial charge in [-0.15, -0.1) is 0 Å². The summed E-state index contributed by atoms with van der Waals surface area (Å²) in [7, 11) is 1.64. The monoisotopic (exact) mass is 490 g/mol. The summed E-state index contributed by atoms with van der Waals surface area (Å²) in [5, 5.41) is 5.33. The zero-order valence-corrected chi connectivity index (χ0v) is 19.8. The van der Waals surface area contributed by atoms with Crippen molar-refractivity contribution >= 4 is 18.2 Å². The molecule has 3 unspecified atom stereocenters. The summed E-state index contributed by atoms with van der Waals surface area (Å²) in [6.45, 7) is 1.83. The largest absolute Gasteiger partial charge is 0.497 e. The fraction of sp³-hybridized carbons (Fsp3) is 0.370. The minimum absolute atomic E-state index is 0. The quantitative estimate of drug-likeness (QED) is 0.457. The number of dihydropyridines is 1. The number of carbonyl (C=O) groups is 2. The number of imide groups is 1. The fourth-order valence-electron chi connectivity index (χ4n) is 5.61. The van der Waals surface area contributed by atoms with Gasteiger partial charge < -0.3 is 19.5 Å². The molecule has 5 aliphatic rings. The molecular weight excluding hydrogens is 460 g/mol. The van der Waals surface area contributed by atoms with Gasteiger partial charge in [0.1, 0.15) is 18.1 Å². The van der Waals surface area contributed by atoms with Crippen LogP contribution < -0.4 is 20.1 Å². The number of methoxy groups -OCH3 is 1. The summed E-state index contributed by atoms with van der Waals surface area (Å²) in [6.07, 6.45) is 5.26. The third-order valence-electron chi connectivity index (χ3n) is 7.81. The second-order valence-electron chi connectivity index (χ2n) is 10.1.